The molecule has 0 spiro atoms. The minimum atomic E-state index is 0.936. The van der Waals surface area contributed by atoms with Gasteiger partial charge in [0.1, 0.15) is 0 Å². The van der Waals surface area contributed by atoms with Gasteiger partial charge in [0.25, 0.3) is 0 Å². The minimum Gasteiger partial charge on any atom is -0.248 e. The Morgan fingerprint density at radius 2 is 0.257 bits per heavy atom. The number of aromatic nitrogens is 4. The molecule has 0 aliphatic heterocycles. The van der Waals surface area contributed by atoms with E-state index in [2.05, 4.69) is 534 Å². The Morgan fingerprint density at radius 1 is 0.0811 bits per heavy atom. The van der Waals surface area contributed by atoms with Crippen molar-refractivity contribution in [3.05, 3.63) is 534 Å². The van der Waals surface area contributed by atoms with E-state index in [1.807, 2.05) is 0 Å². The Morgan fingerprint density at radius 3 is 0.534 bits per heavy atom. The number of nitrogens with zero attached hydrogens (tertiary/aromatic N) is 4. The van der Waals surface area contributed by atoms with Crippen molar-refractivity contribution in [2.24, 2.45) is 0 Å². The van der Waals surface area contributed by atoms with Gasteiger partial charge in [-0.15, -0.1) is 0 Å². The Hall–Kier alpha value is -19.5. The molecule has 26 aromatic carbocycles. The van der Waals surface area contributed by atoms with Crippen LogP contribution in [0.3, 0.4) is 0 Å². The Kier molecular flexibility index (Phi) is 20.3. The van der Waals surface area contributed by atoms with Crippen LogP contribution in [0.2, 0.25) is 0 Å². The third-order valence-electron chi connectivity index (χ3n) is 30.8. The molecule has 0 aliphatic carbocycles. The monoisotopic (exact) mass is 1870 g/mol. The van der Waals surface area contributed by atoms with E-state index in [0.717, 1.165) is 172 Å². The molecule has 4 nitrogen and oxygen atoms in total. The number of pyridine rings is 4. The van der Waals surface area contributed by atoms with Crippen LogP contribution in [0, 0.1) is 0 Å². The fraction of sp³-hybridized carbons (Fsp3) is 0. The molecular formula is C144H88N4. The van der Waals surface area contributed by atoms with Crippen LogP contribution in [0.15, 0.2) is 534 Å². The van der Waals surface area contributed by atoms with Gasteiger partial charge in [0.15, 0.2) is 0 Å². The fourth-order valence-corrected chi connectivity index (χ4v) is 23.7. The average Bonchev–Trinajstić information content (AvgIpc) is 0.724. The van der Waals surface area contributed by atoms with Crippen LogP contribution < -0.4 is 0 Å². The molecule has 0 N–H and O–H groups in total. The topological polar surface area (TPSA) is 51.6 Å². The molecule has 0 radical (unpaired) electrons. The predicted molar refractivity (Wildman–Crippen MR) is 629 cm³/mol. The van der Waals surface area contributed by atoms with Crippen LogP contribution in [-0.2, 0) is 0 Å². The minimum absolute atomic E-state index is 0.936. The highest BCUT2D eigenvalue weighted by Crippen LogP contribution is 2.50. The third-order valence-corrected chi connectivity index (χ3v) is 30.8. The lowest BCUT2D eigenvalue weighted by atomic mass is 9.88. The molecular weight excluding hydrogens is 1790 g/mol. The second-order valence-corrected chi connectivity index (χ2v) is 39.1. The van der Waals surface area contributed by atoms with E-state index in [9.17, 15) is 0 Å². The zero-order valence-electron chi connectivity index (χ0n) is 80.6. The molecule has 0 bridgehead atoms. The van der Waals surface area contributed by atoms with Crippen molar-refractivity contribution < 1.29 is 0 Å². The third kappa shape index (κ3) is 14.5. The maximum absolute atomic E-state index is 5.71. The number of fused-ring (bicyclic) bond motifs is 30. The fourth-order valence-electron chi connectivity index (χ4n) is 23.7. The first kappa shape index (κ1) is 85.3. The van der Waals surface area contributed by atoms with Gasteiger partial charge < -0.3 is 0 Å². The second-order valence-electron chi connectivity index (χ2n) is 39.1. The van der Waals surface area contributed by atoms with Gasteiger partial charge in [0, 0.05) is 54.9 Å². The van der Waals surface area contributed by atoms with E-state index in [-0.39, 0.29) is 0 Å². The number of hydrogen-bond acceptors (Lipinski definition) is 4. The van der Waals surface area contributed by atoms with Crippen LogP contribution in [0.5, 0.6) is 0 Å². The lowest BCUT2D eigenvalue weighted by molar-refractivity contribution is 1.32. The molecule has 30 aromatic rings. The van der Waals surface area contributed by atoms with Crippen LogP contribution in [0.4, 0.5) is 0 Å². The van der Waals surface area contributed by atoms with Gasteiger partial charge >= 0.3 is 0 Å². The average molecular weight is 1870 g/mol. The van der Waals surface area contributed by atoms with Gasteiger partial charge in [0.05, 0.1) is 45.2 Å². The van der Waals surface area contributed by atoms with Crippen molar-refractivity contribution in [3.63, 3.8) is 0 Å². The quantitative estimate of drug-likeness (QED) is 0.114. The van der Waals surface area contributed by atoms with Gasteiger partial charge in [-0.05, 0) is 280 Å². The summed E-state index contributed by atoms with van der Waals surface area (Å²) in [7, 11) is 0. The van der Waals surface area contributed by atoms with E-state index >= 15 is 0 Å². The lowest BCUT2D eigenvalue weighted by Crippen LogP contribution is -1.94. The van der Waals surface area contributed by atoms with Crippen LogP contribution in [0.1, 0.15) is 0 Å². The van der Waals surface area contributed by atoms with E-state index in [1.54, 1.807) is 0 Å². The molecule has 148 heavy (non-hydrogen) atoms. The first-order valence-corrected chi connectivity index (χ1v) is 50.9. The van der Waals surface area contributed by atoms with Crippen molar-refractivity contribution in [2.45, 2.75) is 0 Å². The largest absolute Gasteiger partial charge is 0.248 e. The van der Waals surface area contributed by atoms with Gasteiger partial charge in [0.2, 0.25) is 0 Å². The van der Waals surface area contributed by atoms with Gasteiger partial charge in [-0.3, -0.25) is 0 Å². The summed E-state index contributed by atoms with van der Waals surface area (Å²) in [5, 5.41) is 36.9. The van der Waals surface area contributed by atoms with Crippen LogP contribution in [-0.4, -0.2) is 19.9 Å². The molecule has 4 heterocycles. The second kappa shape index (κ2) is 35.3. The van der Waals surface area contributed by atoms with E-state index in [4.69, 9.17) is 19.9 Å². The number of rotatable bonds is 12. The normalized spacial score (nSPS) is 11.8. The first-order valence-electron chi connectivity index (χ1n) is 50.9. The smallest absolute Gasteiger partial charge is 0.0794 e. The summed E-state index contributed by atoms with van der Waals surface area (Å²) in [5.74, 6) is 0. The summed E-state index contributed by atoms with van der Waals surface area (Å²) >= 11 is 0. The molecule has 0 saturated carbocycles. The van der Waals surface area contributed by atoms with Crippen LogP contribution in [0.25, 0.3) is 307 Å². The summed E-state index contributed by atoms with van der Waals surface area (Å²) < 4.78 is 0. The molecule has 0 amide bonds. The summed E-state index contributed by atoms with van der Waals surface area (Å²) in [5.41, 5.74) is 27.9. The van der Waals surface area contributed by atoms with Crippen molar-refractivity contribution in [1.29, 1.82) is 0 Å². The summed E-state index contributed by atoms with van der Waals surface area (Å²) in [4.78, 5) is 21.8. The summed E-state index contributed by atoms with van der Waals surface area (Å²) in [6, 6.07) is 195. The number of benzene rings is 26. The molecule has 0 fully saturated rings. The molecule has 0 aliphatic rings. The first-order chi connectivity index (χ1) is 73.4. The van der Waals surface area contributed by atoms with Gasteiger partial charge in [-0.1, -0.05) is 461 Å². The van der Waals surface area contributed by atoms with Crippen molar-refractivity contribution >= 4 is 173 Å². The van der Waals surface area contributed by atoms with Gasteiger partial charge in [-0.2, -0.15) is 0 Å². The Labute approximate surface area is 854 Å². The molecule has 0 saturated heterocycles. The summed E-state index contributed by atoms with van der Waals surface area (Å²) in [6.45, 7) is 0. The SMILES string of the molecule is c1ccc(-c2cc(-c3ccc(-c4cc5c(-c6ccc7c8ccccc8c8ccccc8c7c6)cc(-c6ccc7c8ccccc8c8ccccc8c7c6)nc5c5ccccc45)cc3)cc(-c3ccccc3)n2)cc1.c1ccc(-c2cc(-c3ccccc3)nc(-c3ccc(-c4cc5c(-c6ccc7c8ccccc8c8ccccc8c7c6)cc(-c6ccc7c8ccccc8c8ccccc8c7c6)nc5c5ccccc45)cc3)c2)cc1. The number of hydrogen-bond donors (Lipinski definition) is 0. The van der Waals surface area contributed by atoms with E-state index < -0.39 is 0 Å². The zero-order valence-corrected chi connectivity index (χ0v) is 80.6. The standard InChI is InChI=1S/2C72H44N2/c1-3-17-47(18-4-1)69-41-51(42-70(73-69)48-19-5-2-6-20-48)45-31-33-46(34-32-45)64-43-68-65(49-35-37-61-56-25-9-7-21-52(56)54-23-11-13-27-58(54)66(61)39-49)44-71(74-72(68)63-30-16-15-29-60(63)64)50-36-38-62-57-26-10-8-22-53(57)55-24-12-14-28-59(55)67(62)40-50;1-3-17-45(18-4-1)51-41-69(47-19-5-2-6-20-47)73-70(42-51)48-33-31-46(32-34-48)64-43-68-65(49-35-37-61-56-25-9-7-21-52(56)54-23-11-13-27-58(54)66(61)39-49)44-71(74-72(68)63-30-16-15-29-60(63)64)50-36-38-62-57-26-10-8-22-53(57)55-24-12-14-28-59(55)67(62)40-50/h2*1-44H. The molecule has 4 aromatic heterocycles. The highest BCUT2D eigenvalue weighted by Gasteiger charge is 2.25. The molecule has 0 atom stereocenters. The van der Waals surface area contributed by atoms with Crippen LogP contribution >= 0.6 is 0 Å². The van der Waals surface area contributed by atoms with E-state index in [1.165, 1.54) is 135 Å². The van der Waals surface area contributed by atoms with E-state index in [0.29, 0.717) is 0 Å². The Balaban J connectivity index is 0.000000140. The molecule has 684 valence electrons. The zero-order chi connectivity index (χ0) is 97.4. The molecule has 0 unspecified atom stereocenters. The predicted octanol–water partition coefficient (Wildman–Crippen LogP) is 39.4. The van der Waals surface area contributed by atoms with Crippen molar-refractivity contribution in [3.8, 4) is 134 Å². The van der Waals surface area contributed by atoms with Crippen molar-refractivity contribution in [1.82, 2.24) is 19.9 Å². The summed E-state index contributed by atoms with van der Waals surface area (Å²) in [6.07, 6.45) is 0. The molecule has 4 heteroatoms. The van der Waals surface area contributed by atoms with Crippen molar-refractivity contribution in [2.75, 3.05) is 0 Å². The lowest BCUT2D eigenvalue weighted by Gasteiger charge is -2.17. The molecule has 30 rings (SSSR count). The highest BCUT2D eigenvalue weighted by atomic mass is 14.7. The van der Waals surface area contributed by atoms with Gasteiger partial charge in [-0.25, -0.2) is 19.9 Å². The maximum Gasteiger partial charge on any atom is 0.0794 e. The Bertz CT molecular complexity index is 9850. The highest BCUT2D eigenvalue weighted by molar-refractivity contribution is 6.31. The maximum atomic E-state index is 5.71.